The molecule has 2 heterocycles. The average Bonchev–Trinajstić information content (AvgIpc) is 3.35. The Bertz CT molecular complexity index is 1550. The van der Waals surface area contributed by atoms with Gasteiger partial charge in [-0.15, -0.1) is 0 Å². The van der Waals surface area contributed by atoms with Gasteiger partial charge in [0.05, 0.1) is 26.4 Å². The normalized spacial score (nSPS) is 22.1. The topological polar surface area (TPSA) is 170 Å². The van der Waals surface area contributed by atoms with E-state index >= 15 is 4.39 Å². The molecular weight excluding hydrogens is 706 g/mol. The maximum atomic E-state index is 15.3. The van der Waals surface area contributed by atoms with Crippen LogP contribution in [0.5, 0.6) is 0 Å². The lowest BCUT2D eigenvalue weighted by molar-refractivity contribution is -0.121. The van der Waals surface area contributed by atoms with Crippen LogP contribution in [0.1, 0.15) is 65.2 Å². The number of allylic oxidation sites excluding steroid dienone is 12. The van der Waals surface area contributed by atoms with E-state index in [1.807, 2.05) is 12.2 Å². The third-order valence-corrected chi connectivity index (χ3v) is 9.64. The molecule has 0 spiro atoms. The zero-order valence-electron chi connectivity index (χ0n) is 31.2. The van der Waals surface area contributed by atoms with Crippen LogP contribution in [0.2, 0.25) is 0 Å². The van der Waals surface area contributed by atoms with Gasteiger partial charge in [-0.2, -0.15) is 0 Å². The molecule has 53 heavy (non-hydrogen) atoms. The van der Waals surface area contributed by atoms with Gasteiger partial charge in [-0.25, -0.2) is 18.8 Å². The number of aromatic amines is 1. The molecule has 15 heteroatoms. The van der Waals surface area contributed by atoms with E-state index in [0.29, 0.717) is 19.4 Å². The number of hydrogen-bond donors (Lipinski definition) is 4. The first-order valence-electron chi connectivity index (χ1n) is 18.1. The van der Waals surface area contributed by atoms with Gasteiger partial charge in [0.25, 0.3) is 5.56 Å². The van der Waals surface area contributed by atoms with Crippen LogP contribution in [0, 0.1) is 0 Å². The molecule has 1 saturated heterocycles. The van der Waals surface area contributed by atoms with Crippen LogP contribution >= 0.6 is 7.75 Å². The first-order valence-corrected chi connectivity index (χ1v) is 19.7. The van der Waals surface area contributed by atoms with Crippen LogP contribution in [0.4, 0.5) is 4.39 Å². The molecule has 1 aromatic heterocycles. The van der Waals surface area contributed by atoms with E-state index in [-0.39, 0.29) is 32.2 Å². The molecule has 1 amide bonds. The summed E-state index contributed by atoms with van der Waals surface area (Å²) in [5.41, 5.74) is -3.62. The molecular formula is C38H58FN4O9P. The number of nitrogens with zero attached hydrogens (tertiary/aromatic N) is 1. The van der Waals surface area contributed by atoms with Crippen molar-refractivity contribution in [3.05, 3.63) is 106 Å². The number of ether oxygens (including phenoxy) is 2. The largest absolute Gasteiger partial charge is 0.405 e. The third-order valence-electron chi connectivity index (χ3n) is 8.06. The van der Waals surface area contributed by atoms with Gasteiger partial charge in [-0.05, 0) is 51.9 Å². The Hall–Kier alpha value is -3.49. The van der Waals surface area contributed by atoms with Crippen molar-refractivity contribution in [3.63, 3.8) is 0 Å². The summed E-state index contributed by atoms with van der Waals surface area (Å²) in [6.07, 6.45) is 29.4. The quantitative estimate of drug-likeness (QED) is 0.0520. The summed E-state index contributed by atoms with van der Waals surface area (Å²) in [6, 6.07) is 1.11. The van der Waals surface area contributed by atoms with Crippen molar-refractivity contribution in [1.82, 2.24) is 20.0 Å². The molecule has 13 nitrogen and oxygen atoms in total. The number of rotatable bonds is 27. The van der Waals surface area contributed by atoms with Gasteiger partial charge in [-0.1, -0.05) is 79.8 Å². The number of aliphatic hydroxyl groups is 1. The molecule has 0 bridgehead atoms. The Labute approximate surface area is 312 Å². The number of halogens is 1. The van der Waals surface area contributed by atoms with Crippen LogP contribution in [-0.4, -0.2) is 84.6 Å². The molecule has 4 N–H and O–H groups in total. The molecule has 296 valence electrons. The minimum absolute atomic E-state index is 0.0778. The second kappa shape index (κ2) is 26.3. The molecule has 1 fully saturated rings. The summed E-state index contributed by atoms with van der Waals surface area (Å²) in [7, 11) is -2.69. The van der Waals surface area contributed by atoms with E-state index < -0.39 is 49.6 Å². The zero-order valence-corrected chi connectivity index (χ0v) is 32.1. The van der Waals surface area contributed by atoms with Crippen LogP contribution in [-0.2, 0) is 34.4 Å². The van der Waals surface area contributed by atoms with Crippen molar-refractivity contribution in [2.24, 2.45) is 0 Å². The van der Waals surface area contributed by atoms with E-state index in [9.17, 15) is 24.1 Å². The second-order valence-corrected chi connectivity index (χ2v) is 14.3. The number of hydrogen-bond acceptors (Lipinski definition) is 9. The summed E-state index contributed by atoms with van der Waals surface area (Å²) >= 11 is 0. The fourth-order valence-electron chi connectivity index (χ4n) is 4.99. The predicted octanol–water partition coefficient (Wildman–Crippen LogP) is 5.36. The lowest BCUT2D eigenvalue weighted by atomic mass is 9.95. The van der Waals surface area contributed by atoms with E-state index in [2.05, 4.69) is 83.1 Å². The Morgan fingerprint density at radius 1 is 0.981 bits per heavy atom. The third kappa shape index (κ3) is 18.9. The number of aliphatic hydroxyl groups excluding tert-OH is 1. The standard InChI is InChI=1S/C38H58FN4O9P/c1-4-5-6-7-8-9-10-11-12-13-14-15-16-17-18-19-20-21-22-23-34(44)40-25-28-50-29-26-41-53(48,49-3)51-31-32-36(46)38(2,39)33(52-32)30-43-27-24-35(45)42-37(43)47/h5-6,8-9,11-12,14-15,17-18,20-21,24,27,32-33,36,46H,4,7,10,13,16,19,22-23,25-26,28-31H2,1-3H3,(H,40,44)(H,41,48)(H,42,45,47)/b6-5-,9-8-,12-11-,15-14-,18-17-,21-20-/t32-,33?,36-,38+,53?/m1/s1. The molecule has 2 rings (SSSR count). The Balaban J connectivity index is 1.51. The van der Waals surface area contributed by atoms with Gasteiger partial charge < -0.3 is 24.4 Å². The number of nitrogens with one attached hydrogen (secondary N) is 3. The van der Waals surface area contributed by atoms with Crippen molar-refractivity contribution in [3.8, 4) is 0 Å². The van der Waals surface area contributed by atoms with E-state index in [1.54, 1.807) is 0 Å². The van der Waals surface area contributed by atoms with Gasteiger partial charge in [0.1, 0.15) is 18.3 Å². The maximum Gasteiger partial charge on any atom is 0.405 e. The molecule has 0 saturated carbocycles. The fraction of sp³-hybridized carbons (Fsp3) is 0.553. The molecule has 1 aromatic rings. The predicted molar refractivity (Wildman–Crippen MR) is 205 cm³/mol. The lowest BCUT2D eigenvalue weighted by Crippen LogP contribution is -2.45. The molecule has 0 radical (unpaired) electrons. The number of carbonyl (C=O) groups excluding carboxylic acids is 1. The lowest BCUT2D eigenvalue weighted by Gasteiger charge is -2.24. The minimum atomic E-state index is -3.86. The number of amides is 1. The molecule has 2 unspecified atom stereocenters. The SMILES string of the molecule is CC/C=C\C/C=C\C/C=C\C/C=C\C/C=C\C/C=C\CCC(=O)NCCOCCNP(=O)(OC)OC[C@H]1OC(Cn2ccc(=O)[nH]c2=O)[C@](C)(F)[C@@H]1O. The number of carbonyl (C=O) groups is 1. The molecule has 5 atom stereocenters. The smallest absolute Gasteiger partial charge is 0.387 e. The molecule has 0 aliphatic carbocycles. The minimum Gasteiger partial charge on any atom is -0.387 e. The Morgan fingerprint density at radius 2 is 1.55 bits per heavy atom. The fourth-order valence-corrected chi connectivity index (χ4v) is 6.02. The van der Waals surface area contributed by atoms with Gasteiger partial charge in [0.15, 0.2) is 5.67 Å². The van der Waals surface area contributed by atoms with Crippen molar-refractivity contribution in [2.75, 3.05) is 40.0 Å². The second-order valence-electron chi connectivity index (χ2n) is 12.3. The van der Waals surface area contributed by atoms with Crippen molar-refractivity contribution < 1.29 is 37.4 Å². The number of alkyl halides is 1. The number of aromatic nitrogens is 2. The first kappa shape index (κ1) is 45.7. The highest BCUT2D eigenvalue weighted by Gasteiger charge is 2.54. The van der Waals surface area contributed by atoms with E-state index in [0.717, 1.165) is 56.1 Å². The van der Waals surface area contributed by atoms with Crippen molar-refractivity contribution in [1.29, 1.82) is 0 Å². The van der Waals surface area contributed by atoms with E-state index in [1.165, 1.54) is 13.3 Å². The van der Waals surface area contributed by atoms with Gasteiger partial charge in [0, 0.05) is 38.9 Å². The van der Waals surface area contributed by atoms with Crippen LogP contribution in [0.15, 0.2) is 94.8 Å². The Morgan fingerprint density at radius 3 is 2.11 bits per heavy atom. The summed E-state index contributed by atoms with van der Waals surface area (Å²) in [4.78, 5) is 37.4. The zero-order chi connectivity index (χ0) is 38.8. The van der Waals surface area contributed by atoms with Crippen LogP contribution in [0.3, 0.4) is 0 Å². The highest BCUT2D eigenvalue weighted by atomic mass is 31.2. The van der Waals surface area contributed by atoms with Crippen LogP contribution < -0.4 is 21.7 Å². The molecule has 1 aliphatic heterocycles. The maximum absolute atomic E-state index is 15.3. The molecule has 0 aromatic carbocycles. The summed E-state index contributed by atoms with van der Waals surface area (Å²) in [5, 5.41) is 15.9. The summed E-state index contributed by atoms with van der Waals surface area (Å²) < 4.78 is 50.8. The monoisotopic (exact) mass is 764 g/mol. The molecule has 1 aliphatic rings. The highest BCUT2D eigenvalue weighted by Crippen LogP contribution is 2.44. The van der Waals surface area contributed by atoms with Gasteiger partial charge >= 0.3 is 13.4 Å². The summed E-state index contributed by atoms with van der Waals surface area (Å²) in [5.74, 6) is -0.0859. The average molecular weight is 765 g/mol. The Kier molecular flexibility index (Phi) is 22.7. The first-order chi connectivity index (χ1) is 25.5. The highest BCUT2D eigenvalue weighted by molar-refractivity contribution is 7.51. The van der Waals surface area contributed by atoms with Gasteiger partial charge in [-0.3, -0.25) is 23.7 Å². The van der Waals surface area contributed by atoms with Crippen molar-refractivity contribution >= 4 is 13.7 Å². The van der Waals surface area contributed by atoms with E-state index in [4.69, 9.17) is 18.5 Å². The van der Waals surface area contributed by atoms with Crippen molar-refractivity contribution in [2.45, 2.75) is 95.7 Å². The number of H-pyrrole nitrogens is 1. The van der Waals surface area contributed by atoms with Gasteiger partial charge in [0.2, 0.25) is 5.91 Å². The summed E-state index contributed by atoms with van der Waals surface area (Å²) in [6.45, 7) is 3.27. The van der Waals surface area contributed by atoms with Crippen LogP contribution in [0.25, 0.3) is 0 Å².